The Balaban J connectivity index is 1.75. The van der Waals surface area contributed by atoms with E-state index < -0.39 is 11.7 Å². The topological polar surface area (TPSA) is 88.5 Å². The van der Waals surface area contributed by atoms with Gasteiger partial charge in [-0.05, 0) is 27.7 Å². The second-order valence-corrected chi connectivity index (χ2v) is 7.76. The summed E-state index contributed by atoms with van der Waals surface area (Å²) < 4.78 is 8.33. The number of hydrogen-bond donors (Lipinski definition) is 2. The monoisotopic (exact) mass is 363 g/mol. The lowest BCUT2D eigenvalue weighted by Crippen LogP contribution is -2.56. The summed E-state index contributed by atoms with van der Waals surface area (Å²) in [5.74, 6) is 0.758. The zero-order valence-corrected chi connectivity index (χ0v) is 16.0. The summed E-state index contributed by atoms with van der Waals surface area (Å²) in [6.45, 7) is 9.38. The molecule has 0 bridgehead atoms. The van der Waals surface area contributed by atoms with Gasteiger partial charge in [0.05, 0.1) is 6.54 Å². The molecule has 2 aliphatic rings. The van der Waals surface area contributed by atoms with Crippen LogP contribution in [0.15, 0.2) is 12.4 Å². The molecule has 2 aliphatic heterocycles. The zero-order chi connectivity index (χ0) is 18.9. The number of rotatable bonds is 3. The molecule has 1 fully saturated rings. The molecule has 8 heteroatoms. The number of carbonyl (C=O) groups is 2. The number of hydrogen-bond acceptors (Lipinski definition) is 4. The Morgan fingerprint density at radius 2 is 1.85 bits per heavy atom. The molecule has 1 atom stereocenters. The number of amides is 3. The van der Waals surface area contributed by atoms with Crippen LogP contribution in [-0.2, 0) is 21.7 Å². The predicted molar refractivity (Wildman–Crippen MR) is 96.5 cm³/mol. The van der Waals surface area contributed by atoms with Crippen molar-refractivity contribution in [2.45, 2.75) is 70.9 Å². The number of carbonyl (C=O) groups excluding carboxylic acids is 2. The molecule has 26 heavy (non-hydrogen) atoms. The van der Waals surface area contributed by atoms with Gasteiger partial charge in [-0.15, -0.1) is 0 Å². The third-order valence-corrected chi connectivity index (χ3v) is 4.85. The summed E-state index contributed by atoms with van der Waals surface area (Å²) in [5.41, 5.74) is -0.616. The van der Waals surface area contributed by atoms with E-state index in [0.717, 1.165) is 5.82 Å². The molecule has 0 radical (unpaired) electrons. The number of urea groups is 1. The largest absolute Gasteiger partial charge is 0.352 e. The van der Waals surface area contributed by atoms with Crippen molar-refractivity contribution in [1.29, 1.82) is 0 Å². The zero-order valence-electron chi connectivity index (χ0n) is 16.0. The number of fused-ring (bicyclic) bond motifs is 2. The number of aromatic nitrogens is 2. The van der Waals surface area contributed by atoms with E-state index in [2.05, 4.69) is 15.6 Å². The van der Waals surface area contributed by atoms with E-state index in [4.69, 9.17) is 4.74 Å². The van der Waals surface area contributed by atoms with Gasteiger partial charge in [-0.1, -0.05) is 0 Å². The molecule has 8 nitrogen and oxygen atoms in total. The number of imidazole rings is 1. The first-order chi connectivity index (χ1) is 12.3. The van der Waals surface area contributed by atoms with Gasteiger partial charge in [0.1, 0.15) is 11.4 Å². The van der Waals surface area contributed by atoms with E-state index in [0.29, 0.717) is 32.5 Å². The summed E-state index contributed by atoms with van der Waals surface area (Å²) in [7, 11) is 0. The lowest BCUT2D eigenvalue weighted by molar-refractivity contribution is -0.172. The Morgan fingerprint density at radius 3 is 2.46 bits per heavy atom. The van der Waals surface area contributed by atoms with E-state index in [1.807, 2.05) is 38.5 Å². The molecule has 144 valence electrons. The van der Waals surface area contributed by atoms with Crippen LogP contribution in [0.2, 0.25) is 0 Å². The van der Waals surface area contributed by atoms with Crippen molar-refractivity contribution < 1.29 is 14.3 Å². The number of nitrogens with zero attached hydrogens (tertiary/aromatic N) is 3. The highest BCUT2D eigenvalue weighted by Crippen LogP contribution is 2.40. The summed E-state index contributed by atoms with van der Waals surface area (Å²) in [5, 5.41) is 5.86. The van der Waals surface area contributed by atoms with Gasteiger partial charge in [0, 0.05) is 50.4 Å². The van der Waals surface area contributed by atoms with Crippen LogP contribution in [0, 0.1) is 0 Å². The van der Waals surface area contributed by atoms with Crippen LogP contribution < -0.4 is 10.6 Å². The van der Waals surface area contributed by atoms with Crippen LogP contribution in [0.4, 0.5) is 4.79 Å². The second-order valence-electron chi connectivity index (χ2n) is 7.76. The Bertz CT molecular complexity index is 662. The van der Waals surface area contributed by atoms with E-state index in [-0.39, 0.29) is 24.0 Å². The fourth-order valence-electron chi connectivity index (χ4n) is 3.66. The third-order valence-electron chi connectivity index (χ3n) is 4.85. The van der Waals surface area contributed by atoms with Crippen LogP contribution in [0.1, 0.15) is 46.4 Å². The molecule has 1 saturated heterocycles. The Hall–Kier alpha value is -2.09. The molecule has 0 aliphatic carbocycles. The first-order valence-corrected chi connectivity index (χ1v) is 9.36. The quantitative estimate of drug-likeness (QED) is 0.845. The van der Waals surface area contributed by atoms with Gasteiger partial charge >= 0.3 is 6.03 Å². The first-order valence-electron chi connectivity index (χ1n) is 9.36. The van der Waals surface area contributed by atoms with Gasteiger partial charge in [0.15, 0.2) is 6.10 Å². The number of likely N-dealkylation sites (tertiary alicyclic amines) is 1. The van der Waals surface area contributed by atoms with Gasteiger partial charge in [-0.2, -0.15) is 0 Å². The van der Waals surface area contributed by atoms with E-state index in [1.54, 1.807) is 11.1 Å². The summed E-state index contributed by atoms with van der Waals surface area (Å²) >= 11 is 0. The van der Waals surface area contributed by atoms with Crippen LogP contribution in [0.25, 0.3) is 0 Å². The molecule has 3 amide bonds. The highest BCUT2D eigenvalue weighted by molar-refractivity contribution is 5.81. The second kappa shape index (κ2) is 7.26. The first kappa shape index (κ1) is 18.7. The van der Waals surface area contributed by atoms with Crippen molar-refractivity contribution in [3.63, 3.8) is 0 Å². The maximum Gasteiger partial charge on any atom is 0.317 e. The van der Waals surface area contributed by atoms with Crippen LogP contribution in [-0.4, -0.2) is 57.7 Å². The minimum Gasteiger partial charge on any atom is -0.352 e. The van der Waals surface area contributed by atoms with Gasteiger partial charge in [0.25, 0.3) is 5.91 Å². The van der Waals surface area contributed by atoms with Crippen molar-refractivity contribution in [1.82, 2.24) is 25.1 Å². The molecule has 0 saturated carbocycles. The van der Waals surface area contributed by atoms with Crippen molar-refractivity contribution in [2.24, 2.45) is 0 Å². The molecule has 3 rings (SSSR count). The molecule has 1 spiro atoms. The van der Waals surface area contributed by atoms with Gasteiger partial charge in [-0.25, -0.2) is 9.78 Å². The molecular weight excluding hydrogens is 334 g/mol. The van der Waals surface area contributed by atoms with Gasteiger partial charge in [-0.3, -0.25) is 4.79 Å². The normalized spacial score (nSPS) is 21.8. The molecule has 2 N–H and O–H groups in total. The SMILES string of the molecule is CC(C)NC(=O)C1Cn2ccnc2C2(CCN(C(=O)NC(C)C)CC2)O1. The summed E-state index contributed by atoms with van der Waals surface area (Å²) in [6, 6.07) is 0.114. The maximum atomic E-state index is 12.5. The van der Waals surface area contributed by atoms with E-state index >= 15 is 0 Å². The molecule has 3 heterocycles. The summed E-state index contributed by atoms with van der Waals surface area (Å²) in [6.07, 6.45) is 4.35. The van der Waals surface area contributed by atoms with E-state index in [9.17, 15) is 9.59 Å². The average Bonchev–Trinajstić information content (AvgIpc) is 3.03. The van der Waals surface area contributed by atoms with Crippen molar-refractivity contribution >= 4 is 11.9 Å². The van der Waals surface area contributed by atoms with Crippen LogP contribution >= 0.6 is 0 Å². The predicted octanol–water partition coefficient (Wildman–Crippen LogP) is 1.22. The van der Waals surface area contributed by atoms with Crippen molar-refractivity contribution in [3.8, 4) is 0 Å². The molecule has 1 unspecified atom stereocenters. The fourth-order valence-corrected chi connectivity index (χ4v) is 3.66. The standard InChI is InChI=1S/C18H29N5O3/c1-12(2)20-15(24)14-11-23-10-7-19-16(23)18(26-14)5-8-22(9-6-18)17(25)21-13(3)4/h7,10,12-14H,5-6,8-9,11H2,1-4H3,(H,20,24)(H,21,25). The fraction of sp³-hybridized carbons (Fsp3) is 0.722. The van der Waals surface area contributed by atoms with E-state index in [1.165, 1.54) is 0 Å². The average molecular weight is 363 g/mol. The number of nitrogens with one attached hydrogen (secondary N) is 2. The summed E-state index contributed by atoms with van der Waals surface area (Å²) in [4.78, 5) is 31.1. The molecule has 1 aromatic rings. The molecule has 1 aromatic heterocycles. The number of ether oxygens (including phenoxy) is 1. The van der Waals surface area contributed by atoms with Crippen molar-refractivity contribution in [3.05, 3.63) is 18.2 Å². The minimum atomic E-state index is -0.616. The lowest BCUT2D eigenvalue weighted by atomic mass is 9.88. The van der Waals surface area contributed by atoms with Gasteiger partial charge < -0.3 is 24.8 Å². The van der Waals surface area contributed by atoms with Gasteiger partial charge in [0.2, 0.25) is 0 Å². The molecular formula is C18H29N5O3. The Kier molecular flexibility index (Phi) is 5.22. The smallest absolute Gasteiger partial charge is 0.317 e. The maximum absolute atomic E-state index is 12.5. The highest BCUT2D eigenvalue weighted by atomic mass is 16.5. The van der Waals surface area contributed by atoms with Crippen LogP contribution in [0.3, 0.4) is 0 Å². The molecule has 0 aromatic carbocycles. The van der Waals surface area contributed by atoms with Crippen LogP contribution in [0.5, 0.6) is 0 Å². The van der Waals surface area contributed by atoms with Crippen molar-refractivity contribution in [2.75, 3.05) is 13.1 Å². The Morgan fingerprint density at radius 1 is 1.19 bits per heavy atom. The highest BCUT2D eigenvalue weighted by Gasteiger charge is 2.47. The Labute approximate surface area is 154 Å². The third kappa shape index (κ3) is 3.70. The number of piperidine rings is 1. The minimum absolute atomic E-state index is 0.0527. The lowest BCUT2D eigenvalue weighted by Gasteiger charge is -2.45.